The van der Waals surface area contributed by atoms with Crippen LogP contribution < -0.4 is 5.32 Å². The average molecular weight is 297 g/mol. The van der Waals surface area contributed by atoms with Crippen LogP contribution in [0.4, 0.5) is 0 Å². The highest BCUT2D eigenvalue weighted by molar-refractivity contribution is 9.11. The van der Waals surface area contributed by atoms with E-state index in [2.05, 4.69) is 43.7 Å². The molecule has 0 fully saturated rings. The molecule has 0 saturated heterocycles. The highest BCUT2D eigenvalue weighted by Gasteiger charge is 2.13. The van der Waals surface area contributed by atoms with Crippen molar-refractivity contribution < 1.29 is 0 Å². The van der Waals surface area contributed by atoms with Gasteiger partial charge in [-0.2, -0.15) is 0 Å². The molecule has 0 bridgehead atoms. The van der Waals surface area contributed by atoms with E-state index < -0.39 is 0 Å². The molecule has 0 amide bonds. The standard InChI is InChI=1S/C12H13BrN2S/c1-8-3-4-9(6-15-8)12(14-2)10-5-11(13)16-7-10/h3-7,12,14H,1-2H3. The third-order valence-electron chi connectivity index (χ3n) is 2.48. The van der Waals surface area contributed by atoms with Gasteiger partial charge in [0, 0.05) is 11.9 Å². The van der Waals surface area contributed by atoms with Gasteiger partial charge in [-0.05, 0) is 58.5 Å². The fraction of sp³-hybridized carbons (Fsp3) is 0.250. The molecule has 1 atom stereocenters. The first-order chi connectivity index (χ1) is 7.70. The summed E-state index contributed by atoms with van der Waals surface area (Å²) < 4.78 is 1.16. The van der Waals surface area contributed by atoms with E-state index in [1.807, 2.05) is 26.2 Å². The van der Waals surface area contributed by atoms with Crippen LogP contribution in [0.5, 0.6) is 0 Å². The number of halogens is 1. The lowest BCUT2D eigenvalue weighted by Crippen LogP contribution is -2.17. The average Bonchev–Trinajstić information content (AvgIpc) is 2.69. The highest BCUT2D eigenvalue weighted by atomic mass is 79.9. The number of aromatic nitrogens is 1. The Bertz CT molecular complexity index is 464. The fourth-order valence-corrected chi connectivity index (χ4v) is 2.85. The van der Waals surface area contributed by atoms with Crippen LogP contribution in [0.25, 0.3) is 0 Å². The van der Waals surface area contributed by atoms with Crippen molar-refractivity contribution in [3.05, 3.63) is 50.4 Å². The summed E-state index contributed by atoms with van der Waals surface area (Å²) in [6.07, 6.45) is 1.93. The maximum absolute atomic E-state index is 4.33. The molecule has 0 aliphatic heterocycles. The van der Waals surface area contributed by atoms with Gasteiger partial charge in [-0.1, -0.05) is 6.07 Å². The van der Waals surface area contributed by atoms with Gasteiger partial charge in [-0.15, -0.1) is 11.3 Å². The quantitative estimate of drug-likeness (QED) is 0.937. The summed E-state index contributed by atoms with van der Waals surface area (Å²) in [6, 6.07) is 6.53. The molecule has 0 aromatic carbocycles. The Balaban J connectivity index is 2.32. The Morgan fingerprint density at radius 3 is 2.69 bits per heavy atom. The van der Waals surface area contributed by atoms with Gasteiger partial charge in [0.15, 0.2) is 0 Å². The van der Waals surface area contributed by atoms with Crippen molar-refractivity contribution in [1.82, 2.24) is 10.3 Å². The lowest BCUT2D eigenvalue weighted by Gasteiger charge is -2.14. The molecule has 0 saturated carbocycles. The first-order valence-corrected chi connectivity index (χ1v) is 6.71. The Morgan fingerprint density at radius 2 is 2.19 bits per heavy atom. The molecule has 2 aromatic heterocycles. The second kappa shape index (κ2) is 5.08. The Labute approximate surface area is 108 Å². The molecule has 0 radical (unpaired) electrons. The third kappa shape index (κ3) is 2.51. The summed E-state index contributed by atoms with van der Waals surface area (Å²) >= 11 is 5.19. The lowest BCUT2D eigenvalue weighted by atomic mass is 10.0. The molecule has 16 heavy (non-hydrogen) atoms. The minimum Gasteiger partial charge on any atom is -0.309 e. The van der Waals surface area contributed by atoms with Crippen LogP contribution in [-0.2, 0) is 0 Å². The summed E-state index contributed by atoms with van der Waals surface area (Å²) in [4.78, 5) is 4.33. The van der Waals surface area contributed by atoms with Crippen molar-refractivity contribution in [2.45, 2.75) is 13.0 Å². The van der Waals surface area contributed by atoms with E-state index in [1.54, 1.807) is 11.3 Å². The zero-order chi connectivity index (χ0) is 11.5. The normalized spacial score (nSPS) is 12.7. The number of hydrogen-bond acceptors (Lipinski definition) is 3. The van der Waals surface area contributed by atoms with Crippen LogP contribution in [0.1, 0.15) is 22.9 Å². The Hall–Kier alpha value is -0.710. The summed E-state index contributed by atoms with van der Waals surface area (Å²) in [5.41, 5.74) is 3.51. The minimum absolute atomic E-state index is 0.218. The van der Waals surface area contributed by atoms with Crippen molar-refractivity contribution >= 4 is 27.3 Å². The molecular formula is C12H13BrN2S. The van der Waals surface area contributed by atoms with Crippen molar-refractivity contribution in [3.8, 4) is 0 Å². The Morgan fingerprint density at radius 1 is 1.38 bits per heavy atom. The van der Waals surface area contributed by atoms with Gasteiger partial charge < -0.3 is 5.32 Å². The molecule has 4 heteroatoms. The van der Waals surface area contributed by atoms with E-state index in [1.165, 1.54) is 11.1 Å². The number of nitrogens with zero attached hydrogens (tertiary/aromatic N) is 1. The number of nitrogens with one attached hydrogen (secondary N) is 1. The van der Waals surface area contributed by atoms with Crippen molar-refractivity contribution in [2.24, 2.45) is 0 Å². The second-order valence-electron chi connectivity index (χ2n) is 3.64. The van der Waals surface area contributed by atoms with Gasteiger partial charge in [-0.25, -0.2) is 0 Å². The summed E-state index contributed by atoms with van der Waals surface area (Å²) in [5.74, 6) is 0. The summed E-state index contributed by atoms with van der Waals surface area (Å²) in [7, 11) is 1.97. The predicted octanol–water partition coefficient (Wildman–Crippen LogP) is 3.52. The fourth-order valence-electron chi connectivity index (χ4n) is 1.65. The van der Waals surface area contributed by atoms with E-state index in [9.17, 15) is 0 Å². The molecule has 2 aromatic rings. The zero-order valence-corrected chi connectivity index (χ0v) is 11.6. The molecule has 2 nitrogen and oxygen atoms in total. The smallest absolute Gasteiger partial charge is 0.0701 e. The molecule has 1 N–H and O–H groups in total. The number of pyridine rings is 1. The van der Waals surface area contributed by atoms with Gasteiger partial charge in [0.2, 0.25) is 0 Å². The van der Waals surface area contributed by atoms with Gasteiger partial charge >= 0.3 is 0 Å². The number of aryl methyl sites for hydroxylation is 1. The van der Waals surface area contributed by atoms with Crippen LogP contribution in [0.3, 0.4) is 0 Å². The lowest BCUT2D eigenvalue weighted by molar-refractivity contribution is 0.690. The largest absolute Gasteiger partial charge is 0.309 e. The first-order valence-electron chi connectivity index (χ1n) is 5.04. The van der Waals surface area contributed by atoms with E-state index in [0.717, 1.165) is 9.48 Å². The number of thiophene rings is 1. The SMILES string of the molecule is CNC(c1ccc(C)nc1)c1csc(Br)c1. The molecule has 2 rings (SSSR count). The molecule has 0 aliphatic rings. The topological polar surface area (TPSA) is 24.9 Å². The van der Waals surface area contributed by atoms with Gasteiger partial charge in [0.1, 0.15) is 0 Å². The first kappa shape index (κ1) is 11.8. The van der Waals surface area contributed by atoms with Crippen LogP contribution >= 0.6 is 27.3 Å². The maximum Gasteiger partial charge on any atom is 0.0701 e. The predicted molar refractivity (Wildman–Crippen MR) is 71.9 cm³/mol. The Kier molecular flexibility index (Phi) is 3.74. The van der Waals surface area contributed by atoms with Crippen molar-refractivity contribution in [2.75, 3.05) is 7.05 Å². The molecule has 84 valence electrons. The van der Waals surface area contributed by atoms with Gasteiger partial charge in [0.25, 0.3) is 0 Å². The molecule has 1 unspecified atom stereocenters. The molecule has 0 aliphatic carbocycles. The molecule has 2 heterocycles. The van der Waals surface area contributed by atoms with Crippen LogP contribution in [0.15, 0.2) is 33.6 Å². The number of hydrogen-bond donors (Lipinski definition) is 1. The number of rotatable bonds is 3. The van der Waals surface area contributed by atoms with E-state index >= 15 is 0 Å². The van der Waals surface area contributed by atoms with Gasteiger partial charge in [0.05, 0.1) is 9.83 Å². The van der Waals surface area contributed by atoms with Gasteiger partial charge in [-0.3, -0.25) is 4.98 Å². The van der Waals surface area contributed by atoms with E-state index in [0.29, 0.717) is 0 Å². The maximum atomic E-state index is 4.33. The van der Waals surface area contributed by atoms with E-state index in [4.69, 9.17) is 0 Å². The molecular weight excluding hydrogens is 284 g/mol. The monoisotopic (exact) mass is 296 g/mol. The second-order valence-corrected chi connectivity index (χ2v) is 5.93. The summed E-state index contributed by atoms with van der Waals surface area (Å²) in [6.45, 7) is 2.00. The van der Waals surface area contributed by atoms with Crippen LogP contribution in [0.2, 0.25) is 0 Å². The van der Waals surface area contributed by atoms with Crippen molar-refractivity contribution in [3.63, 3.8) is 0 Å². The zero-order valence-electron chi connectivity index (χ0n) is 9.20. The third-order valence-corrected chi connectivity index (χ3v) is 4.00. The van der Waals surface area contributed by atoms with Crippen LogP contribution in [-0.4, -0.2) is 12.0 Å². The summed E-state index contributed by atoms with van der Waals surface area (Å²) in [5, 5.41) is 5.47. The minimum atomic E-state index is 0.218. The highest BCUT2D eigenvalue weighted by Crippen LogP contribution is 2.28. The van der Waals surface area contributed by atoms with Crippen LogP contribution in [0, 0.1) is 6.92 Å². The van der Waals surface area contributed by atoms with E-state index in [-0.39, 0.29) is 6.04 Å². The van der Waals surface area contributed by atoms with Crippen molar-refractivity contribution in [1.29, 1.82) is 0 Å². The molecule has 0 spiro atoms.